The third kappa shape index (κ3) is 2.50. The average Bonchev–Trinajstić information content (AvgIpc) is 3.42. The molecule has 2 aromatic carbocycles. The Kier molecular flexibility index (Phi) is 3.94. The minimum absolute atomic E-state index is 0.0951. The van der Waals surface area contributed by atoms with E-state index in [1.807, 2.05) is 30.3 Å². The maximum atomic E-state index is 13.5. The molecule has 3 aromatic heterocycles. The zero-order chi connectivity index (χ0) is 24.1. The van der Waals surface area contributed by atoms with Gasteiger partial charge in [0.25, 0.3) is 5.56 Å². The first-order chi connectivity index (χ1) is 16.9. The molecule has 0 aliphatic carbocycles. The van der Waals surface area contributed by atoms with Crippen LogP contribution < -0.4 is 11.3 Å². The van der Waals surface area contributed by atoms with Gasteiger partial charge < -0.3 is 24.6 Å². The number of benzene rings is 2. The molecule has 0 saturated carbocycles. The minimum Gasteiger partial charge on any atom is -0.458 e. The Morgan fingerprint density at radius 2 is 1.91 bits per heavy atom. The lowest BCUT2D eigenvalue weighted by atomic mass is 9.86. The fourth-order valence-electron chi connectivity index (χ4n) is 5.61. The highest BCUT2D eigenvalue weighted by atomic mass is 16.6. The second-order valence-corrected chi connectivity index (χ2v) is 9.19. The van der Waals surface area contributed by atoms with Gasteiger partial charge in [-0.1, -0.05) is 25.1 Å². The van der Waals surface area contributed by atoms with E-state index >= 15 is 0 Å². The number of rotatable bonds is 2. The van der Waals surface area contributed by atoms with E-state index in [0.717, 1.165) is 38.5 Å². The van der Waals surface area contributed by atoms with E-state index in [2.05, 4.69) is 6.07 Å². The van der Waals surface area contributed by atoms with E-state index < -0.39 is 11.6 Å². The molecule has 0 fully saturated rings. The Bertz CT molecular complexity index is 1820. The van der Waals surface area contributed by atoms with Gasteiger partial charge in [0.1, 0.15) is 17.8 Å². The lowest BCUT2D eigenvalue weighted by Gasteiger charge is -2.31. The van der Waals surface area contributed by atoms with Gasteiger partial charge in [0.2, 0.25) is 0 Å². The molecule has 2 aliphatic rings. The number of cyclic esters (lactones) is 1. The number of hydrogen-bond acceptors (Lipinski definition) is 7. The van der Waals surface area contributed by atoms with Gasteiger partial charge in [-0.3, -0.25) is 4.79 Å². The van der Waals surface area contributed by atoms with Crippen LogP contribution in [0.1, 0.15) is 35.6 Å². The summed E-state index contributed by atoms with van der Waals surface area (Å²) in [5.74, 6) is -0.739. The zero-order valence-electron chi connectivity index (χ0n) is 18.9. The maximum Gasteiger partial charge on any atom is 0.343 e. The van der Waals surface area contributed by atoms with Crippen LogP contribution in [0.25, 0.3) is 44.2 Å². The maximum absolute atomic E-state index is 13.5. The number of furan rings is 1. The molecule has 8 nitrogen and oxygen atoms in total. The monoisotopic (exact) mass is 467 g/mol. The minimum atomic E-state index is -1.86. The van der Waals surface area contributed by atoms with Gasteiger partial charge in [-0.25, -0.2) is 9.78 Å². The fourth-order valence-corrected chi connectivity index (χ4v) is 5.61. The molecule has 5 heterocycles. The molecule has 174 valence electrons. The van der Waals surface area contributed by atoms with Crippen molar-refractivity contribution in [1.82, 2.24) is 9.55 Å². The van der Waals surface area contributed by atoms with Gasteiger partial charge in [-0.2, -0.15) is 0 Å². The van der Waals surface area contributed by atoms with Crippen LogP contribution in [0, 0.1) is 0 Å². The normalized spacial score (nSPS) is 18.7. The highest BCUT2D eigenvalue weighted by molar-refractivity contribution is 6.10. The molecule has 0 saturated heterocycles. The van der Waals surface area contributed by atoms with E-state index in [9.17, 15) is 14.7 Å². The highest BCUT2D eigenvalue weighted by Gasteiger charge is 2.45. The standard InChI is InChI=1S/C27H21N3O5/c1-2-27(33)19-8-21-24-17(11-30(21)25(31)18(19)12-34-26(27)32)16(10-28)14-7-15-13-5-3-4-6-22(13)35-23(15)9-20(14)29-24/h3-9,33H,2,10-12,28H2,1H3/t27-/m0/s1. The van der Waals surface area contributed by atoms with Crippen molar-refractivity contribution < 1.29 is 19.1 Å². The lowest BCUT2D eigenvalue weighted by molar-refractivity contribution is -0.172. The molecule has 8 heteroatoms. The quantitative estimate of drug-likeness (QED) is 0.374. The number of aromatic nitrogens is 2. The average molecular weight is 467 g/mol. The summed E-state index contributed by atoms with van der Waals surface area (Å²) in [7, 11) is 0. The predicted molar refractivity (Wildman–Crippen MR) is 130 cm³/mol. The topological polar surface area (TPSA) is 121 Å². The van der Waals surface area contributed by atoms with Gasteiger partial charge in [0.05, 0.1) is 29.0 Å². The second-order valence-electron chi connectivity index (χ2n) is 9.19. The zero-order valence-corrected chi connectivity index (χ0v) is 18.9. The van der Waals surface area contributed by atoms with Crippen molar-refractivity contribution in [3.8, 4) is 11.4 Å². The van der Waals surface area contributed by atoms with Crippen LogP contribution >= 0.6 is 0 Å². The van der Waals surface area contributed by atoms with Gasteiger partial charge in [0, 0.05) is 39.9 Å². The Balaban J connectivity index is 1.54. The van der Waals surface area contributed by atoms with Crippen molar-refractivity contribution in [3.05, 3.63) is 75.1 Å². The van der Waals surface area contributed by atoms with E-state index in [0.29, 0.717) is 34.6 Å². The van der Waals surface area contributed by atoms with Crippen LogP contribution in [-0.2, 0) is 34.8 Å². The molecule has 35 heavy (non-hydrogen) atoms. The number of aliphatic hydroxyl groups is 1. The molecule has 3 N–H and O–H groups in total. The predicted octanol–water partition coefficient (Wildman–Crippen LogP) is 3.44. The third-order valence-corrected chi connectivity index (χ3v) is 7.51. The number of nitrogens with two attached hydrogens (primary N) is 1. The van der Waals surface area contributed by atoms with Crippen molar-refractivity contribution in [1.29, 1.82) is 0 Å². The van der Waals surface area contributed by atoms with Crippen molar-refractivity contribution in [2.24, 2.45) is 5.73 Å². The van der Waals surface area contributed by atoms with Gasteiger partial charge in [0.15, 0.2) is 5.60 Å². The molecular weight excluding hydrogens is 446 g/mol. The van der Waals surface area contributed by atoms with Crippen molar-refractivity contribution >= 4 is 38.8 Å². The van der Waals surface area contributed by atoms with Crippen LogP contribution in [0.4, 0.5) is 0 Å². The third-order valence-electron chi connectivity index (χ3n) is 7.51. The Morgan fingerprint density at radius 1 is 1.09 bits per heavy atom. The Morgan fingerprint density at radius 3 is 2.71 bits per heavy atom. The number of para-hydroxylation sites is 1. The smallest absolute Gasteiger partial charge is 0.343 e. The molecular formula is C27H21N3O5. The summed E-state index contributed by atoms with van der Waals surface area (Å²) in [6, 6.07) is 13.5. The van der Waals surface area contributed by atoms with Crippen molar-refractivity contribution in [2.75, 3.05) is 0 Å². The number of pyridine rings is 2. The van der Waals surface area contributed by atoms with Gasteiger partial charge in [-0.05, 0) is 30.2 Å². The van der Waals surface area contributed by atoms with Crippen LogP contribution in [0.2, 0.25) is 0 Å². The molecule has 2 aliphatic heterocycles. The molecule has 5 aromatic rings. The number of nitrogens with zero attached hydrogens (tertiary/aromatic N) is 2. The number of fused-ring (bicyclic) bond motifs is 8. The van der Waals surface area contributed by atoms with Gasteiger partial charge in [-0.15, -0.1) is 0 Å². The Hall–Kier alpha value is -4.01. The largest absolute Gasteiger partial charge is 0.458 e. The van der Waals surface area contributed by atoms with Gasteiger partial charge >= 0.3 is 5.97 Å². The highest BCUT2D eigenvalue weighted by Crippen LogP contribution is 2.41. The first-order valence-corrected chi connectivity index (χ1v) is 11.6. The lowest BCUT2D eigenvalue weighted by Crippen LogP contribution is -2.44. The molecule has 0 spiro atoms. The fraction of sp³-hybridized carbons (Fsp3) is 0.222. The van der Waals surface area contributed by atoms with Crippen LogP contribution in [0.15, 0.2) is 51.7 Å². The molecule has 0 radical (unpaired) electrons. The molecule has 7 rings (SSSR count). The molecule has 0 unspecified atom stereocenters. The van der Waals surface area contributed by atoms with Crippen molar-refractivity contribution in [2.45, 2.75) is 38.6 Å². The summed E-state index contributed by atoms with van der Waals surface area (Å²) in [4.78, 5) is 30.8. The first-order valence-electron chi connectivity index (χ1n) is 11.6. The number of carbonyl (C=O) groups excluding carboxylic acids is 1. The van der Waals surface area contributed by atoms with Crippen molar-refractivity contribution in [3.63, 3.8) is 0 Å². The summed E-state index contributed by atoms with van der Waals surface area (Å²) in [6.07, 6.45) is 0.0951. The van der Waals surface area contributed by atoms with E-state index in [4.69, 9.17) is 19.9 Å². The second kappa shape index (κ2) is 6.78. The molecule has 0 amide bonds. The summed E-state index contributed by atoms with van der Waals surface area (Å²) < 4.78 is 12.8. The summed E-state index contributed by atoms with van der Waals surface area (Å²) in [5, 5.41) is 14.0. The van der Waals surface area contributed by atoms with Crippen LogP contribution in [-0.4, -0.2) is 20.6 Å². The summed E-state index contributed by atoms with van der Waals surface area (Å²) >= 11 is 0. The van der Waals surface area contributed by atoms with Crippen LogP contribution in [0.3, 0.4) is 0 Å². The van der Waals surface area contributed by atoms with E-state index in [1.165, 1.54) is 0 Å². The summed E-state index contributed by atoms with van der Waals surface area (Å²) in [6.45, 7) is 2.11. The van der Waals surface area contributed by atoms with Crippen LogP contribution in [0.5, 0.6) is 0 Å². The number of hydrogen-bond donors (Lipinski definition) is 2. The SMILES string of the molecule is CC[C@@]1(O)C(=O)OCc2c1cc1n(c2=O)Cc2c-1nc1cc3oc4ccccc4c3cc1c2CN. The first kappa shape index (κ1) is 20.4. The summed E-state index contributed by atoms with van der Waals surface area (Å²) in [5.41, 5.74) is 9.91. The number of carbonyl (C=O) groups is 1. The molecule has 1 atom stereocenters. The number of ether oxygens (including phenoxy) is 1. The number of esters is 1. The molecule has 0 bridgehead atoms. The van der Waals surface area contributed by atoms with E-state index in [1.54, 1.807) is 17.6 Å². The van der Waals surface area contributed by atoms with E-state index in [-0.39, 0.29) is 25.1 Å². The Labute approximate surface area is 198 Å².